The molecule has 1 fully saturated rings. The quantitative estimate of drug-likeness (QED) is 0.753. The zero-order chi connectivity index (χ0) is 17.9. The largest absolute Gasteiger partial charge is 0.333 e. The fourth-order valence-electron chi connectivity index (χ4n) is 3.36. The van der Waals surface area contributed by atoms with Crippen molar-refractivity contribution in [3.8, 4) is 16.3 Å². The van der Waals surface area contributed by atoms with Gasteiger partial charge >= 0.3 is 0 Å². The van der Waals surface area contributed by atoms with Crippen molar-refractivity contribution in [2.24, 2.45) is 0 Å². The van der Waals surface area contributed by atoms with Gasteiger partial charge in [0.15, 0.2) is 0 Å². The number of likely N-dealkylation sites (N-methyl/N-ethyl adjacent to an activating group) is 1. The molecular weight excluding hydrogens is 346 g/mol. The third-order valence-electron chi connectivity index (χ3n) is 4.65. The van der Waals surface area contributed by atoms with Crippen molar-refractivity contribution in [2.45, 2.75) is 18.9 Å². The molecule has 134 valence electrons. The van der Waals surface area contributed by atoms with E-state index in [1.54, 1.807) is 6.20 Å². The van der Waals surface area contributed by atoms with Gasteiger partial charge in [-0.25, -0.2) is 9.67 Å². The number of carbonyl (C=O) groups excluding carboxylic acids is 1. The van der Waals surface area contributed by atoms with Crippen molar-refractivity contribution in [2.75, 3.05) is 20.1 Å². The highest BCUT2D eigenvalue weighted by Crippen LogP contribution is 2.26. The molecule has 2 aromatic heterocycles. The van der Waals surface area contributed by atoms with Crippen molar-refractivity contribution < 1.29 is 4.79 Å². The molecule has 1 unspecified atom stereocenters. The third kappa shape index (κ3) is 3.27. The van der Waals surface area contributed by atoms with Crippen LogP contribution in [0.4, 0.5) is 0 Å². The van der Waals surface area contributed by atoms with Gasteiger partial charge in [0.05, 0.1) is 11.9 Å². The number of aromatic nitrogens is 3. The topological polar surface area (TPSA) is 63.1 Å². The predicted octanol–water partition coefficient (Wildman–Crippen LogP) is 2.82. The highest BCUT2D eigenvalue weighted by Gasteiger charge is 2.30. The summed E-state index contributed by atoms with van der Waals surface area (Å²) in [5.74, 6) is 0.0284. The maximum Gasteiger partial charge on any atom is 0.273 e. The zero-order valence-electron chi connectivity index (χ0n) is 14.6. The number of hydrogen-bond acceptors (Lipinski definition) is 5. The average Bonchev–Trinajstić information content (AvgIpc) is 3.42. The molecule has 0 spiro atoms. The Hall–Kier alpha value is -2.51. The summed E-state index contributed by atoms with van der Waals surface area (Å²) < 4.78 is 1.82. The van der Waals surface area contributed by atoms with Gasteiger partial charge in [0, 0.05) is 36.3 Å². The van der Waals surface area contributed by atoms with E-state index in [1.165, 1.54) is 11.3 Å². The van der Waals surface area contributed by atoms with Gasteiger partial charge < -0.3 is 10.2 Å². The lowest BCUT2D eigenvalue weighted by molar-refractivity contribution is 0.0732. The molecule has 0 saturated carbocycles. The molecule has 1 atom stereocenters. The molecule has 1 N–H and O–H groups in total. The SMILES string of the molecule is CNCC1CCCN1C(=O)c1csc(-c2cnn(-c3ccccc3)c2)n1. The summed E-state index contributed by atoms with van der Waals surface area (Å²) in [5.41, 5.74) is 2.45. The molecule has 1 aliphatic heterocycles. The predicted molar refractivity (Wildman–Crippen MR) is 103 cm³/mol. The number of carbonyl (C=O) groups is 1. The second-order valence-corrected chi connectivity index (χ2v) is 7.26. The van der Waals surface area contributed by atoms with Crippen molar-refractivity contribution >= 4 is 17.2 Å². The third-order valence-corrected chi connectivity index (χ3v) is 5.54. The van der Waals surface area contributed by atoms with E-state index in [-0.39, 0.29) is 11.9 Å². The summed E-state index contributed by atoms with van der Waals surface area (Å²) in [7, 11) is 1.92. The summed E-state index contributed by atoms with van der Waals surface area (Å²) in [6.45, 7) is 1.64. The molecular formula is C19H21N5OS. The Labute approximate surface area is 156 Å². The molecule has 3 aromatic rings. The number of likely N-dealkylation sites (tertiary alicyclic amines) is 1. The molecule has 26 heavy (non-hydrogen) atoms. The number of rotatable bonds is 5. The number of thiazole rings is 1. The van der Waals surface area contributed by atoms with Crippen LogP contribution in [0.5, 0.6) is 0 Å². The zero-order valence-corrected chi connectivity index (χ0v) is 15.4. The smallest absolute Gasteiger partial charge is 0.273 e. The van der Waals surface area contributed by atoms with Gasteiger partial charge in [0.25, 0.3) is 5.91 Å². The van der Waals surface area contributed by atoms with Crippen molar-refractivity contribution in [1.29, 1.82) is 0 Å². The highest BCUT2D eigenvalue weighted by molar-refractivity contribution is 7.13. The van der Waals surface area contributed by atoms with Crippen molar-refractivity contribution in [3.05, 3.63) is 53.8 Å². The van der Waals surface area contributed by atoms with Crippen LogP contribution in [-0.4, -0.2) is 51.8 Å². The molecule has 3 heterocycles. The molecule has 1 saturated heterocycles. The van der Waals surface area contributed by atoms with Gasteiger partial charge in [0.1, 0.15) is 10.7 Å². The lowest BCUT2D eigenvalue weighted by Crippen LogP contribution is -2.40. The van der Waals surface area contributed by atoms with Crippen molar-refractivity contribution in [1.82, 2.24) is 25.0 Å². The van der Waals surface area contributed by atoms with E-state index in [2.05, 4.69) is 15.4 Å². The van der Waals surface area contributed by atoms with Crippen LogP contribution in [0.25, 0.3) is 16.3 Å². The van der Waals surface area contributed by atoms with Crippen LogP contribution < -0.4 is 5.32 Å². The monoisotopic (exact) mass is 367 g/mol. The Kier molecular flexibility index (Phi) is 4.81. The molecule has 4 rings (SSSR count). The van der Waals surface area contributed by atoms with Gasteiger partial charge in [0.2, 0.25) is 0 Å². The number of nitrogens with zero attached hydrogens (tertiary/aromatic N) is 4. The van der Waals surface area contributed by atoms with Gasteiger partial charge in [-0.1, -0.05) is 18.2 Å². The Balaban J connectivity index is 1.53. The summed E-state index contributed by atoms with van der Waals surface area (Å²) in [4.78, 5) is 19.4. The fourth-order valence-corrected chi connectivity index (χ4v) is 4.13. The first-order valence-electron chi connectivity index (χ1n) is 8.78. The fraction of sp³-hybridized carbons (Fsp3) is 0.316. The van der Waals surface area contributed by atoms with E-state index in [1.807, 2.05) is 58.5 Å². The standard InChI is InChI=1S/C19H21N5OS/c1-20-11-16-8-5-9-23(16)19(25)17-13-26-18(22-17)14-10-21-24(12-14)15-6-3-2-4-7-15/h2-4,6-7,10,12-13,16,20H,5,8-9,11H2,1H3. The molecule has 6 nitrogen and oxygen atoms in total. The molecule has 0 radical (unpaired) electrons. The van der Waals surface area contributed by atoms with Crippen LogP contribution in [0.2, 0.25) is 0 Å². The summed E-state index contributed by atoms with van der Waals surface area (Å²) in [6.07, 6.45) is 5.84. The minimum atomic E-state index is 0.0284. The molecule has 1 amide bonds. The average molecular weight is 367 g/mol. The van der Waals surface area contributed by atoms with E-state index in [0.29, 0.717) is 5.69 Å². The normalized spacial score (nSPS) is 17.0. The highest BCUT2D eigenvalue weighted by atomic mass is 32.1. The molecule has 1 aromatic carbocycles. The lowest BCUT2D eigenvalue weighted by atomic mass is 10.2. The number of para-hydroxylation sites is 1. The summed E-state index contributed by atoms with van der Waals surface area (Å²) in [6, 6.07) is 10.2. The summed E-state index contributed by atoms with van der Waals surface area (Å²) in [5, 5.41) is 10.3. The van der Waals surface area contributed by atoms with Crippen LogP contribution in [0.1, 0.15) is 23.3 Å². The maximum atomic E-state index is 12.8. The van der Waals surface area contributed by atoms with E-state index in [9.17, 15) is 4.79 Å². The van der Waals surface area contributed by atoms with E-state index in [4.69, 9.17) is 0 Å². The number of amides is 1. The van der Waals surface area contributed by atoms with Gasteiger partial charge in [-0.15, -0.1) is 11.3 Å². The van der Waals surface area contributed by atoms with E-state index >= 15 is 0 Å². The minimum absolute atomic E-state index is 0.0284. The van der Waals surface area contributed by atoms with E-state index in [0.717, 1.165) is 42.2 Å². The Morgan fingerprint density at radius 2 is 2.19 bits per heavy atom. The first kappa shape index (κ1) is 16.9. The first-order valence-corrected chi connectivity index (χ1v) is 9.66. The van der Waals surface area contributed by atoms with Crippen LogP contribution >= 0.6 is 11.3 Å². The van der Waals surface area contributed by atoms with Crippen LogP contribution in [0.15, 0.2) is 48.1 Å². The second kappa shape index (κ2) is 7.39. The summed E-state index contributed by atoms with van der Waals surface area (Å²) >= 11 is 1.49. The minimum Gasteiger partial charge on any atom is -0.333 e. The van der Waals surface area contributed by atoms with Crippen LogP contribution in [-0.2, 0) is 0 Å². The second-order valence-electron chi connectivity index (χ2n) is 6.40. The Morgan fingerprint density at radius 3 is 3.00 bits per heavy atom. The maximum absolute atomic E-state index is 12.8. The number of nitrogens with one attached hydrogen (secondary N) is 1. The van der Waals surface area contributed by atoms with E-state index < -0.39 is 0 Å². The number of hydrogen-bond donors (Lipinski definition) is 1. The molecule has 1 aliphatic rings. The van der Waals surface area contributed by atoms with Gasteiger partial charge in [-0.05, 0) is 32.0 Å². The Morgan fingerprint density at radius 1 is 1.35 bits per heavy atom. The first-order chi connectivity index (χ1) is 12.8. The van der Waals surface area contributed by atoms with Gasteiger partial charge in [-0.3, -0.25) is 4.79 Å². The van der Waals surface area contributed by atoms with Crippen LogP contribution in [0.3, 0.4) is 0 Å². The molecule has 7 heteroatoms. The molecule has 0 bridgehead atoms. The van der Waals surface area contributed by atoms with Crippen LogP contribution in [0, 0.1) is 0 Å². The lowest BCUT2D eigenvalue weighted by Gasteiger charge is -2.23. The van der Waals surface area contributed by atoms with Gasteiger partial charge in [-0.2, -0.15) is 5.10 Å². The number of benzene rings is 1. The Bertz CT molecular complexity index is 888. The van der Waals surface area contributed by atoms with Crippen molar-refractivity contribution in [3.63, 3.8) is 0 Å². The molecule has 0 aliphatic carbocycles.